The van der Waals surface area contributed by atoms with Crippen LogP contribution in [0.2, 0.25) is 0 Å². The molecule has 20 heavy (non-hydrogen) atoms. The Kier molecular flexibility index (Phi) is 4.89. The van der Waals surface area contributed by atoms with Crippen LogP contribution in [0.4, 0.5) is 5.95 Å². The molecule has 1 N–H and O–H groups in total. The average molecular weight is 289 g/mol. The fraction of sp³-hybridized carbons (Fsp3) is 0.429. The van der Waals surface area contributed by atoms with Crippen LogP contribution in [0.25, 0.3) is 0 Å². The molecule has 0 saturated carbocycles. The Morgan fingerprint density at radius 1 is 1.10 bits per heavy atom. The van der Waals surface area contributed by atoms with E-state index in [1.54, 1.807) is 0 Å². The van der Waals surface area contributed by atoms with Gasteiger partial charge in [-0.15, -0.1) is 0 Å². The van der Waals surface area contributed by atoms with Crippen LogP contribution in [0.15, 0.2) is 22.4 Å². The maximum absolute atomic E-state index is 4.53. The van der Waals surface area contributed by atoms with Crippen LogP contribution in [-0.4, -0.2) is 26.5 Å². The van der Waals surface area contributed by atoms with Crippen molar-refractivity contribution < 1.29 is 0 Å². The number of nitrogens with one attached hydrogen (secondary N) is 1. The number of aromatic nitrogens is 4. The first-order chi connectivity index (χ1) is 9.58. The molecular weight excluding hydrogens is 270 g/mol. The minimum atomic E-state index is 0.657. The minimum Gasteiger partial charge on any atom is -0.354 e. The Bertz CT molecular complexity index is 580. The molecule has 6 heteroatoms. The van der Waals surface area contributed by atoms with Crippen molar-refractivity contribution >= 4 is 17.7 Å². The molecule has 0 aliphatic rings. The summed E-state index contributed by atoms with van der Waals surface area (Å²) in [5, 5.41) is 4.81. The number of hydrogen-bond donors (Lipinski definition) is 1. The molecule has 0 aliphatic carbocycles. The van der Waals surface area contributed by atoms with Gasteiger partial charge in [-0.3, -0.25) is 0 Å². The molecule has 0 saturated heterocycles. The van der Waals surface area contributed by atoms with E-state index in [0.717, 1.165) is 40.1 Å². The number of nitrogens with zero attached hydrogens (tertiary/aromatic N) is 4. The second-order valence-corrected chi connectivity index (χ2v) is 5.60. The Labute approximate surface area is 123 Å². The number of rotatable bonds is 5. The first-order valence-corrected chi connectivity index (χ1v) is 7.47. The lowest BCUT2D eigenvalue weighted by Gasteiger charge is -2.08. The Balaban J connectivity index is 2.23. The molecule has 2 aromatic rings. The van der Waals surface area contributed by atoms with Gasteiger partial charge in [0, 0.05) is 29.7 Å². The third kappa shape index (κ3) is 3.90. The Morgan fingerprint density at radius 3 is 2.45 bits per heavy atom. The van der Waals surface area contributed by atoms with Gasteiger partial charge >= 0.3 is 0 Å². The summed E-state index contributed by atoms with van der Waals surface area (Å²) >= 11 is 1.48. The van der Waals surface area contributed by atoms with Crippen molar-refractivity contribution in [1.82, 2.24) is 19.9 Å². The molecule has 0 fully saturated rings. The Morgan fingerprint density at radius 2 is 1.80 bits per heavy atom. The molecule has 2 rings (SSSR count). The van der Waals surface area contributed by atoms with Crippen LogP contribution >= 0.6 is 11.8 Å². The van der Waals surface area contributed by atoms with Gasteiger partial charge in [0.05, 0.1) is 0 Å². The van der Waals surface area contributed by atoms with Gasteiger partial charge in [0.2, 0.25) is 5.95 Å². The van der Waals surface area contributed by atoms with Crippen molar-refractivity contribution in [1.29, 1.82) is 0 Å². The normalized spacial score (nSPS) is 10.6. The van der Waals surface area contributed by atoms with Gasteiger partial charge in [-0.25, -0.2) is 19.9 Å². The zero-order valence-corrected chi connectivity index (χ0v) is 13.1. The number of aryl methyl sites for hydroxylation is 3. The molecule has 0 radical (unpaired) electrons. The molecule has 0 bridgehead atoms. The zero-order valence-electron chi connectivity index (χ0n) is 12.3. The van der Waals surface area contributed by atoms with Gasteiger partial charge in [-0.2, -0.15) is 0 Å². The average Bonchev–Trinajstić information content (AvgIpc) is 2.38. The fourth-order valence-electron chi connectivity index (χ4n) is 1.68. The summed E-state index contributed by atoms with van der Waals surface area (Å²) < 4.78 is 0. The van der Waals surface area contributed by atoms with Crippen molar-refractivity contribution in [2.75, 3.05) is 11.9 Å². The predicted molar refractivity (Wildman–Crippen MR) is 81.2 cm³/mol. The van der Waals surface area contributed by atoms with Crippen molar-refractivity contribution in [2.45, 2.75) is 44.3 Å². The van der Waals surface area contributed by atoms with Crippen molar-refractivity contribution in [3.8, 4) is 0 Å². The smallest absolute Gasteiger partial charge is 0.223 e. The van der Waals surface area contributed by atoms with Crippen molar-refractivity contribution in [3.63, 3.8) is 0 Å². The van der Waals surface area contributed by atoms with E-state index in [4.69, 9.17) is 0 Å². The van der Waals surface area contributed by atoms with Crippen LogP contribution in [0, 0.1) is 20.8 Å². The van der Waals surface area contributed by atoms with Crippen LogP contribution < -0.4 is 5.32 Å². The highest BCUT2D eigenvalue weighted by atomic mass is 32.2. The van der Waals surface area contributed by atoms with E-state index in [0.29, 0.717) is 5.95 Å². The fourth-order valence-corrected chi connectivity index (χ4v) is 2.58. The molecule has 0 atom stereocenters. The van der Waals surface area contributed by atoms with E-state index in [2.05, 4.69) is 32.2 Å². The molecule has 106 valence electrons. The van der Waals surface area contributed by atoms with Crippen LogP contribution in [-0.2, 0) is 0 Å². The first kappa shape index (κ1) is 14.7. The second kappa shape index (κ2) is 6.65. The zero-order chi connectivity index (χ0) is 14.5. The largest absolute Gasteiger partial charge is 0.354 e. The van der Waals surface area contributed by atoms with E-state index >= 15 is 0 Å². The molecule has 0 unspecified atom stereocenters. The lowest BCUT2D eigenvalue weighted by Crippen LogP contribution is -2.05. The number of hydrogen-bond acceptors (Lipinski definition) is 6. The lowest BCUT2D eigenvalue weighted by molar-refractivity contribution is 0.890. The third-order valence-electron chi connectivity index (χ3n) is 2.61. The first-order valence-electron chi connectivity index (χ1n) is 6.66. The molecule has 0 aromatic carbocycles. The summed E-state index contributed by atoms with van der Waals surface area (Å²) in [6, 6.07) is 1.96. The van der Waals surface area contributed by atoms with E-state index in [9.17, 15) is 0 Å². The topological polar surface area (TPSA) is 63.6 Å². The molecule has 0 aliphatic heterocycles. The summed E-state index contributed by atoms with van der Waals surface area (Å²) in [6.45, 7) is 8.92. The minimum absolute atomic E-state index is 0.657. The highest BCUT2D eigenvalue weighted by Gasteiger charge is 2.08. The molecule has 5 nitrogen and oxygen atoms in total. The molecule has 2 aromatic heterocycles. The van der Waals surface area contributed by atoms with Gasteiger partial charge in [-0.1, -0.05) is 6.92 Å². The molecular formula is C14H19N5S. The maximum atomic E-state index is 4.53. The highest BCUT2D eigenvalue weighted by molar-refractivity contribution is 7.99. The van der Waals surface area contributed by atoms with Gasteiger partial charge in [-0.05, 0) is 45.0 Å². The Hall–Kier alpha value is -1.69. The standard InChI is InChI=1S/C14H19N5S/c1-5-6-15-13-16-8-9(2)12(19-13)20-14-17-10(3)7-11(4)18-14/h7-8H,5-6H2,1-4H3,(H,15,16,19). The molecule has 0 amide bonds. The van der Waals surface area contributed by atoms with Gasteiger partial charge in [0.1, 0.15) is 5.03 Å². The van der Waals surface area contributed by atoms with E-state index < -0.39 is 0 Å². The van der Waals surface area contributed by atoms with Crippen LogP contribution in [0.5, 0.6) is 0 Å². The van der Waals surface area contributed by atoms with E-state index in [1.807, 2.05) is 33.0 Å². The van der Waals surface area contributed by atoms with Crippen LogP contribution in [0.3, 0.4) is 0 Å². The van der Waals surface area contributed by atoms with Crippen molar-refractivity contribution in [3.05, 3.63) is 29.2 Å². The van der Waals surface area contributed by atoms with E-state index in [-0.39, 0.29) is 0 Å². The summed E-state index contributed by atoms with van der Waals surface area (Å²) in [4.78, 5) is 17.7. The van der Waals surface area contributed by atoms with Gasteiger partial charge in [0.15, 0.2) is 5.16 Å². The molecule has 2 heterocycles. The quantitative estimate of drug-likeness (QED) is 0.674. The summed E-state index contributed by atoms with van der Waals surface area (Å²) in [6.07, 6.45) is 2.87. The summed E-state index contributed by atoms with van der Waals surface area (Å²) in [5.74, 6) is 0.657. The number of anilines is 1. The summed E-state index contributed by atoms with van der Waals surface area (Å²) in [5.41, 5.74) is 2.96. The maximum Gasteiger partial charge on any atom is 0.223 e. The van der Waals surface area contributed by atoms with E-state index in [1.165, 1.54) is 11.8 Å². The third-order valence-corrected chi connectivity index (χ3v) is 3.58. The van der Waals surface area contributed by atoms with Gasteiger partial charge < -0.3 is 5.32 Å². The highest BCUT2D eigenvalue weighted by Crippen LogP contribution is 2.26. The predicted octanol–water partition coefficient (Wildman–Crippen LogP) is 3.16. The monoisotopic (exact) mass is 289 g/mol. The van der Waals surface area contributed by atoms with Crippen molar-refractivity contribution in [2.24, 2.45) is 0 Å². The van der Waals surface area contributed by atoms with Gasteiger partial charge in [0.25, 0.3) is 0 Å². The van der Waals surface area contributed by atoms with Crippen LogP contribution in [0.1, 0.15) is 30.3 Å². The molecule has 0 spiro atoms. The lowest BCUT2D eigenvalue weighted by atomic mass is 10.4. The SMILES string of the molecule is CCCNc1ncc(C)c(Sc2nc(C)cc(C)n2)n1. The summed E-state index contributed by atoms with van der Waals surface area (Å²) in [7, 11) is 0. The second-order valence-electron chi connectivity index (χ2n) is 4.64.